The lowest BCUT2D eigenvalue weighted by Gasteiger charge is -2.29. The van der Waals surface area contributed by atoms with E-state index in [-0.39, 0.29) is 39.7 Å². The van der Waals surface area contributed by atoms with Gasteiger partial charge in [-0.1, -0.05) is 13.8 Å². The highest BCUT2D eigenvalue weighted by Gasteiger charge is 2.40. The number of benzene rings is 1. The van der Waals surface area contributed by atoms with Crippen molar-refractivity contribution in [3.8, 4) is 5.75 Å². The van der Waals surface area contributed by atoms with E-state index >= 15 is 0 Å². The van der Waals surface area contributed by atoms with E-state index in [1.54, 1.807) is 19.9 Å². The minimum Gasteiger partial charge on any atom is -0.494 e. The van der Waals surface area contributed by atoms with E-state index in [2.05, 4.69) is 49.9 Å². The van der Waals surface area contributed by atoms with Crippen molar-refractivity contribution in [1.82, 2.24) is 19.9 Å². The average molecular weight is 684 g/mol. The number of fused-ring (bicyclic) bond motifs is 1. The molecular formula is C31H39BrN8O5. The van der Waals surface area contributed by atoms with Crippen molar-refractivity contribution in [1.29, 1.82) is 0 Å². The highest BCUT2D eigenvalue weighted by atomic mass is 79.9. The molecule has 0 radical (unpaired) electrons. The van der Waals surface area contributed by atoms with Gasteiger partial charge < -0.3 is 29.5 Å². The van der Waals surface area contributed by atoms with Crippen molar-refractivity contribution in [2.24, 2.45) is 0 Å². The molecule has 0 unspecified atom stereocenters. The van der Waals surface area contributed by atoms with E-state index in [4.69, 9.17) is 19.4 Å². The Hall–Kier alpha value is -4.04. The lowest BCUT2D eigenvalue weighted by Crippen LogP contribution is -2.37. The molecule has 3 aromatic rings. The lowest BCUT2D eigenvalue weighted by molar-refractivity contribution is -0.384. The van der Waals surface area contributed by atoms with Crippen molar-refractivity contribution in [3.63, 3.8) is 0 Å². The molecule has 45 heavy (non-hydrogen) atoms. The maximum Gasteiger partial charge on any atom is 0.343 e. The summed E-state index contributed by atoms with van der Waals surface area (Å²) >= 11 is 3.47. The number of halogens is 1. The minimum absolute atomic E-state index is 0.0480. The molecule has 0 aliphatic carbocycles. The van der Waals surface area contributed by atoms with Gasteiger partial charge in [-0.3, -0.25) is 10.1 Å². The normalized spacial score (nSPS) is 17.2. The van der Waals surface area contributed by atoms with Crippen LogP contribution in [0.1, 0.15) is 56.6 Å². The zero-order valence-corrected chi connectivity index (χ0v) is 28.2. The highest BCUT2D eigenvalue weighted by molar-refractivity contribution is 9.10. The molecule has 0 amide bonds. The number of anilines is 5. The third-order valence-electron chi connectivity index (χ3n) is 7.91. The van der Waals surface area contributed by atoms with E-state index < -0.39 is 5.97 Å². The predicted octanol–water partition coefficient (Wildman–Crippen LogP) is 5.82. The number of likely N-dealkylation sites (N-methyl/N-ethyl adjacent to an activating group) is 1. The molecule has 14 heteroatoms. The molecule has 0 spiro atoms. The number of methoxy groups -OCH3 is 1. The number of carbonyl (C=O) groups excluding carboxylic acids is 1. The molecule has 2 aliphatic heterocycles. The van der Waals surface area contributed by atoms with E-state index in [1.165, 1.54) is 19.4 Å². The van der Waals surface area contributed by atoms with Crippen LogP contribution in [0.2, 0.25) is 0 Å². The van der Waals surface area contributed by atoms with Crippen LogP contribution in [-0.4, -0.2) is 83.7 Å². The molecule has 1 fully saturated rings. The summed E-state index contributed by atoms with van der Waals surface area (Å²) in [5, 5.41) is 15.5. The zero-order valence-electron chi connectivity index (χ0n) is 26.6. The van der Waals surface area contributed by atoms with Crippen LogP contribution in [0.5, 0.6) is 5.75 Å². The van der Waals surface area contributed by atoms with Crippen molar-refractivity contribution >= 4 is 56.4 Å². The van der Waals surface area contributed by atoms with Gasteiger partial charge in [-0.05, 0) is 68.8 Å². The summed E-state index contributed by atoms with van der Waals surface area (Å²) in [7, 11) is 5.51. The Morgan fingerprint density at radius 3 is 2.67 bits per heavy atom. The molecule has 240 valence electrons. The third-order valence-corrected chi connectivity index (χ3v) is 8.36. The number of rotatable bonds is 10. The van der Waals surface area contributed by atoms with Gasteiger partial charge in [0.25, 0.3) is 5.69 Å². The third kappa shape index (κ3) is 6.66. The van der Waals surface area contributed by atoms with Gasteiger partial charge in [-0.15, -0.1) is 0 Å². The van der Waals surface area contributed by atoms with E-state index in [0.717, 1.165) is 37.3 Å². The summed E-state index contributed by atoms with van der Waals surface area (Å²) in [6, 6.07) is 7.08. The number of ether oxygens (including phenoxy) is 2. The molecule has 5 rings (SSSR count). The first-order valence-electron chi connectivity index (χ1n) is 14.9. The van der Waals surface area contributed by atoms with Crippen LogP contribution in [-0.2, 0) is 10.2 Å². The molecule has 2 aliphatic rings. The largest absolute Gasteiger partial charge is 0.494 e. The topological polar surface area (TPSA) is 139 Å². The molecule has 1 aromatic carbocycles. The average Bonchev–Trinajstić information content (AvgIpc) is 3.52. The Balaban J connectivity index is 1.57. The number of nitro benzene ring substituents is 1. The summed E-state index contributed by atoms with van der Waals surface area (Å²) in [5.41, 5.74) is 2.29. The molecule has 4 heterocycles. The SMILES string of the molecule is COc1cc(N2CCC[C@@H]2CN(C)C)c([N+](=O)[O-])cc1Nc1ncc(C(=O)OC(C)C)c(N2CC(C)(C)c3nc(Br)ccc32)n1. The molecule has 1 atom stereocenters. The molecule has 0 bridgehead atoms. The Kier molecular flexibility index (Phi) is 9.17. The second kappa shape index (κ2) is 12.8. The minimum atomic E-state index is -0.557. The Labute approximate surface area is 271 Å². The van der Waals surface area contributed by atoms with Crippen molar-refractivity contribution in [3.05, 3.63) is 56.4 Å². The van der Waals surface area contributed by atoms with Crippen LogP contribution < -0.4 is 19.9 Å². The van der Waals surface area contributed by atoms with Gasteiger partial charge in [0.2, 0.25) is 5.95 Å². The highest BCUT2D eigenvalue weighted by Crippen LogP contribution is 2.45. The Bertz CT molecular complexity index is 1620. The summed E-state index contributed by atoms with van der Waals surface area (Å²) in [6.07, 6.45) is 2.96. The zero-order chi connectivity index (χ0) is 32.6. The smallest absolute Gasteiger partial charge is 0.343 e. The Morgan fingerprint density at radius 2 is 2.00 bits per heavy atom. The fourth-order valence-electron chi connectivity index (χ4n) is 6.03. The van der Waals surface area contributed by atoms with Gasteiger partial charge >= 0.3 is 5.97 Å². The maximum atomic E-state index is 13.2. The van der Waals surface area contributed by atoms with Crippen LogP contribution >= 0.6 is 15.9 Å². The molecule has 13 nitrogen and oxygen atoms in total. The number of pyridine rings is 1. The molecular weight excluding hydrogens is 644 g/mol. The Morgan fingerprint density at radius 1 is 1.24 bits per heavy atom. The van der Waals surface area contributed by atoms with Crippen molar-refractivity contribution < 1.29 is 19.2 Å². The summed E-state index contributed by atoms with van der Waals surface area (Å²) < 4.78 is 12.0. The monoisotopic (exact) mass is 682 g/mol. The maximum absolute atomic E-state index is 13.2. The summed E-state index contributed by atoms with van der Waals surface area (Å²) in [6.45, 7) is 9.70. The predicted molar refractivity (Wildman–Crippen MR) is 176 cm³/mol. The van der Waals surface area contributed by atoms with E-state index in [1.807, 2.05) is 31.1 Å². The molecule has 1 saturated heterocycles. The molecule has 1 N–H and O–H groups in total. The standard InChI is InChI=1S/C31H39BrN8O5/c1-18(2)45-29(41)20-15-33-30(36-28(20)39-17-31(3,4)27-22(39)10-11-26(32)35-27)34-21-13-24(40(42)43)23(14-25(21)44-7)38-12-8-9-19(38)16-37(5)6/h10-11,13-15,18-19H,8-9,12,16-17H2,1-7H3,(H,33,34,36)/t19-/m1/s1. The fraction of sp³-hybridized carbons (Fsp3) is 0.484. The van der Waals surface area contributed by atoms with E-state index in [9.17, 15) is 14.9 Å². The second-order valence-corrected chi connectivity index (χ2v) is 13.3. The first kappa shape index (κ1) is 32.4. The van der Waals surface area contributed by atoms with Crippen molar-refractivity contribution in [2.75, 3.05) is 56.0 Å². The summed E-state index contributed by atoms with van der Waals surface area (Å²) in [5.74, 6) is 0.316. The van der Waals surface area contributed by atoms with Crippen molar-refractivity contribution in [2.45, 2.75) is 58.1 Å². The van der Waals surface area contributed by atoms with Gasteiger partial charge in [0.15, 0.2) is 5.82 Å². The van der Waals surface area contributed by atoms with Crippen LogP contribution in [0, 0.1) is 10.1 Å². The number of nitrogens with zero attached hydrogens (tertiary/aromatic N) is 7. The van der Waals surface area contributed by atoms with Crippen LogP contribution in [0.3, 0.4) is 0 Å². The number of hydrogen-bond donors (Lipinski definition) is 1. The number of nitro groups is 1. The van der Waals surface area contributed by atoms with Gasteiger partial charge in [0.1, 0.15) is 21.6 Å². The van der Waals surface area contributed by atoms with E-state index in [0.29, 0.717) is 34.1 Å². The lowest BCUT2D eigenvalue weighted by atomic mass is 9.91. The number of hydrogen-bond acceptors (Lipinski definition) is 12. The quantitative estimate of drug-likeness (QED) is 0.119. The van der Waals surface area contributed by atoms with Gasteiger partial charge in [0, 0.05) is 49.4 Å². The number of carbonyl (C=O) groups is 1. The first-order valence-corrected chi connectivity index (χ1v) is 15.7. The van der Waals surface area contributed by atoms with Crippen LogP contribution in [0.15, 0.2) is 35.1 Å². The van der Waals surface area contributed by atoms with Crippen LogP contribution in [0.25, 0.3) is 0 Å². The van der Waals surface area contributed by atoms with Gasteiger partial charge in [-0.25, -0.2) is 14.8 Å². The number of esters is 1. The number of aromatic nitrogens is 3. The summed E-state index contributed by atoms with van der Waals surface area (Å²) in [4.78, 5) is 45.2. The fourth-order valence-corrected chi connectivity index (χ4v) is 6.34. The molecule has 0 saturated carbocycles. The molecule has 2 aromatic heterocycles. The second-order valence-electron chi connectivity index (χ2n) is 12.5. The number of nitrogens with one attached hydrogen (secondary N) is 1. The van der Waals surface area contributed by atoms with Crippen LogP contribution in [0.4, 0.5) is 34.5 Å². The van der Waals surface area contributed by atoms with Gasteiger partial charge in [0.05, 0.1) is 35.2 Å². The first-order chi connectivity index (χ1) is 21.3. The van der Waals surface area contributed by atoms with Gasteiger partial charge in [-0.2, -0.15) is 4.98 Å².